The molecule has 0 aromatic heterocycles. The van der Waals surface area contributed by atoms with Crippen molar-refractivity contribution in [3.8, 4) is 0 Å². The van der Waals surface area contributed by atoms with Crippen LogP contribution in [-0.4, -0.2) is 29.9 Å². The van der Waals surface area contributed by atoms with Gasteiger partial charge in [0.1, 0.15) is 5.82 Å². The lowest BCUT2D eigenvalue weighted by Crippen LogP contribution is -2.47. The van der Waals surface area contributed by atoms with Crippen LogP contribution in [0.15, 0.2) is 24.3 Å². The zero-order valence-electron chi connectivity index (χ0n) is 12.0. The molecule has 2 N–H and O–H groups in total. The maximum Gasteiger partial charge on any atom is 0.223 e. The Hall–Kier alpha value is -1.42. The van der Waals surface area contributed by atoms with Crippen LogP contribution in [0.1, 0.15) is 44.1 Å². The molecule has 2 rings (SSSR count). The molecule has 110 valence electrons. The number of benzene rings is 1. The van der Waals surface area contributed by atoms with Crippen molar-refractivity contribution in [1.29, 1.82) is 0 Å². The van der Waals surface area contributed by atoms with Crippen molar-refractivity contribution in [2.45, 2.75) is 44.6 Å². The van der Waals surface area contributed by atoms with Gasteiger partial charge in [0, 0.05) is 25.6 Å². The predicted molar refractivity (Wildman–Crippen MR) is 77.8 cm³/mol. The number of carbonyl (C=O) groups is 1. The highest BCUT2D eigenvalue weighted by Crippen LogP contribution is 2.25. The minimum atomic E-state index is -0.234. The Kier molecular flexibility index (Phi) is 5.12. The molecule has 1 aromatic rings. The number of halogens is 1. The largest absolute Gasteiger partial charge is 0.338 e. The van der Waals surface area contributed by atoms with E-state index in [1.807, 2.05) is 17.9 Å². The minimum Gasteiger partial charge on any atom is -0.338 e. The maximum atomic E-state index is 13.7. The molecule has 1 aromatic carbocycles. The van der Waals surface area contributed by atoms with Gasteiger partial charge in [-0.05, 0) is 36.8 Å². The lowest BCUT2D eigenvalue weighted by atomic mass is 9.95. The third kappa shape index (κ3) is 3.37. The van der Waals surface area contributed by atoms with Crippen LogP contribution in [0.5, 0.6) is 0 Å². The normalized spacial score (nSPS) is 20.8. The van der Waals surface area contributed by atoms with Crippen molar-refractivity contribution in [2.75, 3.05) is 13.1 Å². The predicted octanol–water partition coefficient (Wildman–Crippen LogP) is 2.66. The van der Waals surface area contributed by atoms with E-state index in [-0.39, 0.29) is 23.7 Å². The van der Waals surface area contributed by atoms with Crippen LogP contribution < -0.4 is 5.73 Å². The van der Waals surface area contributed by atoms with E-state index < -0.39 is 0 Å². The van der Waals surface area contributed by atoms with Gasteiger partial charge in [-0.15, -0.1) is 0 Å². The summed E-state index contributed by atoms with van der Waals surface area (Å²) in [7, 11) is 0. The first kappa shape index (κ1) is 15.0. The average molecular weight is 278 g/mol. The molecule has 1 aliphatic heterocycles. The zero-order valence-corrected chi connectivity index (χ0v) is 12.0. The molecule has 2 unspecified atom stereocenters. The van der Waals surface area contributed by atoms with E-state index in [1.165, 1.54) is 6.07 Å². The number of hydrogen-bond donors (Lipinski definition) is 1. The number of likely N-dealkylation sites (tertiary alicyclic amines) is 1. The van der Waals surface area contributed by atoms with E-state index in [9.17, 15) is 9.18 Å². The van der Waals surface area contributed by atoms with Crippen molar-refractivity contribution in [2.24, 2.45) is 5.73 Å². The summed E-state index contributed by atoms with van der Waals surface area (Å²) in [5.74, 6) is -0.248. The van der Waals surface area contributed by atoms with Crippen LogP contribution in [0.3, 0.4) is 0 Å². The highest BCUT2D eigenvalue weighted by Gasteiger charge is 2.27. The number of amides is 1. The summed E-state index contributed by atoms with van der Waals surface area (Å²) in [5, 5.41) is 0. The third-order valence-corrected chi connectivity index (χ3v) is 4.14. The lowest BCUT2D eigenvalue weighted by Gasteiger charge is -2.35. The summed E-state index contributed by atoms with van der Waals surface area (Å²) >= 11 is 0. The van der Waals surface area contributed by atoms with Crippen LogP contribution in [0.2, 0.25) is 0 Å². The van der Waals surface area contributed by atoms with E-state index >= 15 is 0 Å². The Bertz CT molecular complexity index is 464. The van der Waals surface area contributed by atoms with Crippen molar-refractivity contribution in [3.63, 3.8) is 0 Å². The van der Waals surface area contributed by atoms with Gasteiger partial charge in [0.15, 0.2) is 0 Å². The second-order valence-electron chi connectivity index (χ2n) is 5.60. The highest BCUT2D eigenvalue weighted by molar-refractivity contribution is 5.77. The van der Waals surface area contributed by atoms with Crippen LogP contribution in [0.25, 0.3) is 0 Å². The van der Waals surface area contributed by atoms with Crippen molar-refractivity contribution in [1.82, 2.24) is 4.90 Å². The number of rotatable bonds is 4. The molecule has 1 amide bonds. The van der Waals surface area contributed by atoms with Gasteiger partial charge in [0.05, 0.1) is 0 Å². The smallest absolute Gasteiger partial charge is 0.223 e. The maximum absolute atomic E-state index is 13.7. The van der Waals surface area contributed by atoms with Crippen LogP contribution >= 0.6 is 0 Å². The van der Waals surface area contributed by atoms with E-state index in [1.54, 1.807) is 12.1 Å². The van der Waals surface area contributed by atoms with Crippen molar-refractivity contribution >= 4 is 5.91 Å². The summed E-state index contributed by atoms with van der Waals surface area (Å²) < 4.78 is 13.7. The van der Waals surface area contributed by atoms with Gasteiger partial charge in [0.2, 0.25) is 5.91 Å². The third-order valence-electron chi connectivity index (χ3n) is 4.14. The summed E-state index contributed by atoms with van der Waals surface area (Å²) in [5.41, 5.74) is 6.36. The first-order valence-electron chi connectivity index (χ1n) is 7.37. The highest BCUT2D eigenvalue weighted by atomic mass is 19.1. The van der Waals surface area contributed by atoms with E-state index in [0.29, 0.717) is 18.5 Å². The summed E-state index contributed by atoms with van der Waals surface area (Å²) in [4.78, 5) is 14.3. The minimum absolute atomic E-state index is 0.0934. The number of hydrogen-bond acceptors (Lipinski definition) is 2. The Morgan fingerprint density at radius 2 is 2.20 bits per heavy atom. The summed E-state index contributed by atoms with van der Waals surface area (Å²) in [6, 6.07) is 6.83. The quantitative estimate of drug-likeness (QED) is 0.920. The molecule has 1 fully saturated rings. The summed E-state index contributed by atoms with van der Waals surface area (Å²) in [6.07, 6.45) is 3.50. The Balaban J connectivity index is 2.02. The number of nitrogens with two attached hydrogens (primary N) is 1. The monoisotopic (exact) mass is 278 g/mol. The molecular formula is C16H23FN2O. The van der Waals surface area contributed by atoms with Gasteiger partial charge in [-0.2, -0.15) is 0 Å². The Morgan fingerprint density at radius 1 is 1.45 bits per heavy atom. The van der Waals surface area contributed by atoms with Gasteiger partial charge in [0.25, 0.3) is 0 Å². The first-order chi connectivity index (χ1) is 9.63. The van der Waals surface area contributed by atoms with E-state index in [0.717, 1.165) is 25.8 Å². The van der Waals surface area contributed by atoms with Crippen molar-refractivity contribution in [3.05, 3.63) is 35.6 Å². The molecule has 0 bridgehead atoms. The molecule has 4 heteroatoms. The van der Waals surface area contributed by atoms with Crippen LogP contribution in [-0.2, 0) is 4.79 Å². The number of piperidine rings is 1. The van der Waals surface area contributed by atoms with Gasteiger partial charge >= 0.3 is 0 Å². The number of nitrogens with zero attached hydrogens (tertiary/aromatic N) is 1. The zero-order chi connectivity index (χ0) is 14.5. The standard InChI is InChI=1S/C16H23FN2O/c1-12(14-7-2-3-8-15(14)17)10-16(20)19-9-5-4-6-13(19)11-18/h2-3,7-8,12-13H,4-6,9-11,18H2,1H3. The fraction of sp³-hybridized carbons (Fsp3) is 0.562. The van der Waals surface area contributed by atoms with E-state index in [4.69, 9.17) is 5.73 Å². The molecule has 0 spiro atoms. The number of carbonyl (C=O) groups excluding carboxylic acids is 1. The van der Waals surface area contributed by atoms with Gasteiger partial charge in [-0.3, -0.25) is 4.79 Å². The topological polar surface area (TPSA) is 46.3 Å². The molecule has 0 aliphatic carbocycles. The fourth-order valence-electron chi connectivity index (χ4n) is 2.94. The second-order valence-corrected chi connectivity index (χ2v) is 5.60. The summed E-state index contributed by atoms with van der Waals surface area (Å²) in [6.45, 7) is 3.20. The molecule has 1 heterocycles. The first-order valence-corrected chi connectivity index (χ1v) is 7.37. The van der Waals surface area contributed by atoms with Crippen LogP contribution in [0, 0.1) is 5.82 Å². The Morgan fingerprint density at radius 3 is 2.90 bits per heavy atom. The second kappa shape index (κ2) is 6.84. The van der Waals surface area contributed by atoms with Crippen LogP contribution in [0.4, 0.5) is 4.39 Å². The molecule has 20 heavy (non-hydrogen) atoms. The van der Waals surface area contributed by atoms with Gasteiger partial charge in [-0.1, -0.05) is 25.1 Å². The molecule has 0 radical (unpaired) electrons. The average Bonchev–Trinajstić information content (AvgIpc) is 2.47. The molecule has 2 atom stereocenters. The van der Waals surface area contributed by atoms with Gasteiger partial charge in [-0.25, -0.2) is 4.39 Å². The van der Waals surface area contributed by atoms with Gasteiger partial charge < -0.3 is 10.6 Å². The lowest BCUT2D eigenvalue weighted by molar-refractivity contribution is -0.135. The molecule has 1 aliphatic rings. The SMILES string of the molecule is CC(CC(=O)N1CCCCC1CN)c1ccccc1F. The molecule has 1 saturated heterocycles. The molecule has 0 saturated carbocycles. The van der Waals surface area contributed by atoms with Crippen molar-refractivity contribution < 1.29 is 9.18 Å². The van der Waals surface area contributed by atoms with E-state index in [2.05, 4.69) is 0 Å². The Labute approximate surface area is 120 Å². The molecule has 3 nitrogen and oxygen atoms in total. The fourth-order valence-corrected chi connectivity index (χ4v) is 2.94. The molecular weight excluding hydrogens is 255 g/mol.